The van der Waals surface area contributed by atoms with Crippen molar-refractivity contribution in [1.29, 1.82) is 0 Å². The first kappa shape index (κ1) is 33.2. The molecule has 2 aliphatic rings. The van der Waals surface area contributed by atoms with Crippen molar-refractivity contribution >= 4 is 36.9 Å². The maximum atomic E-state index is 13.8. The Morgan fingerprint density at radius 2 is 1.83 bits per heavy atom. The smallest absolute Gasteiger partial charge is 0.396 e. The Hall–Kier alpha value is -3.27. The zero-order valence-corrected chi connectivity index (χ0v) is 25.7. The topological polar surface area (TPSA) is 179 Å². The summed E-state index contributed by atoms with van der Waals surface area (Å²) in [4.78, 5) is 72.5. The lowest BCUT2D eigenvalue weighted by Gasteiger charge is -2.31. The van der Waals surface area contributed by atoms with Gasteiger partial charge in [-0.1, -0.05) is 46.4 Å². The molecule has 1 saturated heterocycles. The van der Waals surface area contributed by atoms with E-state index in [0.29, 0.717) is 55.5 Å². The Morgan fingerprint density at radius 3 is 2.43 bits per heavy atom. The molecule has 3 atom stereocenters. The molecular formula is C30H43N4O7P. The minimum Gasteiger partial charge on any atom is -0.403 e. The standard InChI is InChI=1S/C30H43N4O7P/c1-17(2)13-25(29(37)34-12-6-7-26(34)28(36)32-24(18(3)4)11-8-19(5)31)33-27(35)23-14-20-9-10-21(15-22(20)16-23)30(38)42(39,40)41/h9-10,15-18,24-26H,5-8,11-14,31H2,1-4H3,(H,32,36)(H,33,35)(H2,39,40,41)/t24-,25-,26-/m0/s1. The van der Waals surface area contributed by atoms with Gasteiger partial charge in [0.2, 0.25) is 17.7 Å². The summed E-state index contributed by atoms with van der Waals surface area (Å²) in [6.45, 7) is 12.1. The van der Waals surface area contributed by atoms with Crippen LogP contribution < -0.4 is 16.4 Å². The van der Waals surface area contributed by atoms with Crippen molar-refractivity contribution in [1.82, 2.24) is 15.5 Å². The van der Waals surface area contributed by atoms with Gasteiger partial charge in [-0.2, -0.15) is 0 Å². The number of likely N-dealkylation sites (tertiary alicyclic amines) is 1. The van der Waals surface area contributed by atoms with E-state index in [9.17, 15) is 33.5 Å². The van der Waals surface area contributed by atoms with Gasteiger partial charge < -0.3 is 31.1 Å². The molecule has 1 fully saturated rings. The lowest BCUT2D eigenvalue weighted by molar-refractivity contribution is -0.141. The highest BCUT2D eigenvalue weighted by atomic mass is 31.2. The van der Waals surface area contributed by atoms with Crippen LogP contribution in [0.5, 0.6) is 0 Å². The van der Waals surface area contributed by atoms with Crippen molar-refractivity contribution in [3.63, 3.8) is 0 Å². The normalized spacial score (nSPS) is 18.0. The third kappa shape index (κ3) is 8.40. The van der Waals surface area contributed by atoms with Gasteiger partial charge in [0.05, 0.1) is 0 Å². The molecule has 42 heavy (non-hydrogen) atoms. The molecule has 6 N–H and O–H groups in total. The van der Waals surface area contributed by atoms with Gasteiger partial charge in [-0.25, -0.2) is 0 Å². The van der Waals surface area contributed by atoms with Crippen LogP contribution in [0.3, 0.4) is 0 Å². The highest BCUT2D eigenvalue weighted by Crippen LogP contribution is 2.40. The molecule has 0 unspecified atom stereocenters. The number of carbonyl (C=O) groups excluding carboxylic acids is 4. The summed E-state index contributed by atoms with van der Waals surface area (Å²) in [5, 5.41) is 5.97. The summed E-state index contributed by atoms with van der Waals surface area (Å²) in [7, 11) is -4.94. The van der Waals surface area contributed by atoms with E-state index in [1.54, 1.807) is 17.0 Å². The number of benzene rings is 1. The van der Waals surface area contributed by atoms with Gasteiger partial charge in [-0.05, 0) is 67.2 Å². The number of nitrogens with zero attached hydrogens (tertiary/aromatic N) is 1. The predicted octanol–water partition coefficient (Wildman–Crippen LogP) is 2.86. The molecule has 0 spiro atoms. The molecule has 0 saturated carbocycles. The van der Waals surface area contributed by atoms with E-state index in [1.807, 2.05) is 27.7 Å². The summed E-state index contributed by atoms with van der Waals surface area (Å²) in [6, 6.07) is 2.65. The molecule has 1 aromatic rings. The highest BCUT2D eigenvalue weighted by Gasteiger charge is 2.39. The largest absolute Gasteiger partial charge is 0.403 e. The van der Waals surface area contributed by atoms with Gasteiger partial charge in [0.25, 0.3) is 5.52 Å². The number of carbonyl (C=O) groups is 4. The molecule has 0 aromatic heterocycles. The summed E-state index contributed by atoms with van der Waals surface area (Å²) in [5.74, 6) is -0.722. The maximum absolute atomic E-state index is 13.8. The van der Waals surface area contributed by atoms with Crippen molar-refractivity contribution in [3.05, 3.63) is 52.7 Å². The van der Waals surface area contributed by atoms with Crippen LogP contribution in [0.15, 0.2) is 36.0 Å². The van der Waals surface area contributed by atoms with Gasteiger partial charge in [0.15, 0.2) is 0 Å². The molecule has 0 bridgehead atoms. The van der Waals surface area contributed by atoms with E-state index in [0.717, 1.165) is 5.56 Å². The summed E-state index contributed by atoms with van der Waals surface area (Å²) >= 11 is 0. The molecule has 12 heteroatoms. The number of fused-ring (bicyclic) bond motifs is 1. The van der Waals surface area contributed by atoms with Crippen LogP contribution >= 0.6 is 7.60 Å². The van der Waals surface area contributed by atoms with Crippen LogP contribution in [0.25, 0.3) is 6.08 Å². The van der Waals surface area contributed by atoms with E-state index in [1.165, 1.54) is 12.1 Å². The lowest BCUT2D eigenvalue weighted by Crippen LogP contribution is -2.55. The fourth-order valence-electron chi connectivity index (χ4n) is 5.42. The lowest BCUT2D eigenvalue weighted by atomic mass is 9.97. The second-order valence-electron chi connectivity index (χ2n) is 12.0. The molecule has 3 rings (SSSR count). The van der Waals surface area contributed by atoms with Crippen molar-refractivity contribution in [2.75, 3.05) is 6.54 Å². The quantitative estimate of drug-likeness (QED) is 0.214. The second-order valence-corrected chi connectivity index (χ2v) is 13.5. The fourth-order valence-corrected chi connectivity index (χ4v) is 5.90. The molecule has 1 aliphatic carbocycles. The summed E-state index contributed by atoms with van der Waals surface area (Å²) in [6.07, 6.45) is 4.63. The first-order valence-corrected chi connectivity index (χ1v) is 16.0. The van der Waals surface area contributed by atoms with Crippen LogP contribution in [0.1, 0.15) is 81.3 Å². The molecule has 11 nitrogen and oxygen atoms in total. The number of nitrogens with one attached hydrogen (secondary N) is 2. The van der Waals surface area contributed by atoms with E-state index in [4.69, 9.17) is 5.73 Å². The Kier molecular flexibility index (Phi) is 10.9. The average Bonchev–Trinajstić information content (AvgIpc) is 3.55. The first-order chi connectivity index (χ1) is 19.6. The van der Waals surface area contributed by atoms with Gasteiger partial charge in [0, 0.05) is 35.8 Å². The van der Waals surface area contributed by atoms with Crippen molar-refractivity contribution in [2.45, 2.75) is 84.3 Å². The number of hydrogen-bond donors (Lipinski definition) is 5. The van der Waals surface area contributed by atoms with Crippen LogP contribution in [-0.2, 0) is 25.4 Å². The Morgan fingerprint density at radius 1 is 1.14 bits per heavy atom. The number of hydrogen-bond acceptors (Lipinski definition) is 6. The van der Waals surface area contributed by atoms with Crippen molar-refractivity contribution in [2.24, 2.45) is 17.6 Å². The fraction of sp³-hybridized carbons (Fsp3) is 0.533. The van der Waals surface area contributed by atoms with E-state index < -0.39 is 31.1 Å². The average molecular weight is 603 g/mol. The number of rotatable bonds is 13. The minimum absolute atomic E-state index is 0.0831. The molecule has 0 radical (unpaired) electrons. The molecule has 1 aromatic carbocycles. The van der Waals surface area contributed by atoms with E-state index in [-0.39, 0.29) is 41.7 Å². The Labute approximate surface area is 247 Å². The van der Waals surface area contributed by atoms with Crippen LogP contribution in [-0.4, -0.2) is 62.6 Å². The number of nitrogens with two attached hydrogens (primary N) is 1. The maximum Gasteiger partial charge on any atom is 0.396 e. The van der Waals surface area contributed by atoms with Crippen molar-refractivity contribution in [3.8, 4) is 0 Å². The minimum atomic E-state index is -4.94. The SMILES string of the molecule is C=C(N)CC[C@H](NC(=O)[C@@H]1CCCN1C(=O)[C@H](CC(C)C)NC(=O)C1=Cc2cc(C(=O)P(=O)(O)O)ccc2C1)C(C)C. The van der Waals surface area contributed by atoms with Gasteiger partial charge >= 0.3 is 7.60 Å². The molecule has 1 aliphatic heterocycles. The first-order valence-electron chi connectivity index (χ1n) is 14.4. The monoisotopic (exact) mass is 602 g/mol. The van der Waals surface area contributed by atoms with E-state index in [2.05, 4.69) is 17.2 Å². The zero-order chi connectivity index (χ0) is 31.4. The molecular weight excluding hydrogens is 559 g/mol. The number of allylic oxidation sites excluding steroid dienone is 1. The molecule has 230 valence electrons. The third-order valence-electron chi connectivity index (χ3n) is 7.72. The Balaban J connectivity index is 1.74. The molecule has 1 heterocycles. The number of amides is 3. The third-order valence-corrected chi connectivity index (χ3v) is 8.50. The highest BCUT2D eigenvalue weighted by molar-refractivity contribution is 7.70. The Bertz CT molecular complexity index is 1320. The van der Waals surface area contributed by atoms with Gasteiger partial charge in [-0.3, -0.25) is 23.7 Å². The van der Waals surface area contributed by atoms with Gasteiger partial charge in [-0.15, -0.1) is 0 Å². The second kappa shape index (κ2) is 13.8. The van der Waals surface area contributed by atoms with Crippen LogP contribution in [0.2, 0.25) is 0 Å². The molecule has 3 amide bonds. The van der Waals surface area contributed by atoms with Crippen molar-refractivity contribution < 1.29 is 33.5 Å². The van der Waals surface area contributed by atoms with Crippen LogP contribution in [0, 0.1) is 11.8 Å². The van der Waals surface area contributed by atoms with Gasteiger partial charge in [0.1, 0.15) is 12.1 Å². The van der Waals surface area contributed by atoms with Crippen LogP contribution in [0.4, 0.5) is 0 Å². The predicted molar refractivity (Wildman–Crippen MR) is 160 cm³/mol. The summed E-state index contributed by atoms with van der Waals surface area (Å²) in [5.41, 5.74) is 6.46. The zero-order valence-electron chi connectivity index (χ0n) is 24.8. The van der Waals surface area contributed by atoms with E-state index >= 15 is 0 Å². The summed E-state index contributed by atoms with van der Waals surface area (Å²) < 4.78 is 11.4.